The van der Waals surface area contributed by atoms with Gasteiger partial charge in [-0.1, -0.05) is 45.4 Å². The van der Waals surface area contributed by atoms with E-state index in [2.05, 4.69) is 15.7 Å². The van der Waals surface area contributed by atoms with Crippen molar-refractivity contribution in [2.45, 2.75) is 96.7 Å². The molecule has 0 radical (unpaired) electrons. The van der Waals surface area contributed by atoms with E-state index in [9.17, 15) is 28.8 Å². The van der Waals surface area contributed by atoms with Gasteiger partial charge >= 0.3 is 12.1 Å². The lowest BCUT2D eigenvalue weighted by molar-refractivity contribution is -0.147. The van der Waals surface area contributed by atoms with E-state index in [0.717, 1.165) is 32.1 Å². The first-order valence-corrected chi connectivity index (χ1v) is 19.6. The molecule has 0 bridgehead atoms. The summed E-state index contributed by atoms with van der Waals surface area (Å²) in [5, 5.41) is 10.4. The highest BCUT2D eigenvalue weighted by molar-refractivity contribution is 5.96. The SMILES string of the molecule is CCCCOC(=O)N1CCN(C(=O)C(CCCOC(=O)C(C)C)NC(=O)c2cc(OCC(=O)N3CCCC3C(=O)NC3CCC3)n(-c3ccccc3)n2)CC1. The van der Waals surface area contributed by atoms with Gasteiger partial charge in [0.15, 0.2) is 12.3 Å². The van der Waals surface area contributed by atoms with E-state index in [1.807, 2.05) is 13.0 Å². The lowest BCUT2D eigenvalue weighted by atomic mass is 9.93. The molecule has 16 nitrogen and oxygen atoms in total. The molecule has 3 aliphatic rings. The maximum Gasteiger partial charge on any atom is 0.409 e. The highest BCUT2D eigenvalue weighted by atomic mass is 16.6. The van der Waals surface area contributed by atoms with E-state index in [0.29, 0.717) is 38.1 Å². The topological polar surface area (TPSA) is 182 Å². The van der Waals surface area contributed by atoms with Crippen molar-refractivity contribution in [2.24, 2.45) is 5.92 Å². The van der Waals surface area contributed by atoms with Crippen LogP contribution in [0.1, 0.15) is 89.0 Å². The lowest BCUT2D eigenvalue weighted by Gasteiger charge is -2.36. The predicted octanol–water partition coefficient (Wildman–Crippen LogP) is 3.07. The number of benzene rings is 1. The molecule has 5 amide bonds. The second-order valence-corrected chi connectivity index (χ2v) is 14.6. The van der Waals surface area contributed by atoms with Crippen LogP contribution in [0.5, 0.6) is 5.88 Å². The average molecular weight is 766 g/mol. The third-order valence-electron chi connectivity index (χ3n) is 10.1. The number of likely N-dealkylation sites (tertiary alicyclic amines) is 1. The molecule has 1 saturated carbocycles. The molecule has 1 aromatic heterocycles. The van der Waals surface area contributed by atoms with Crippen molar-refractivity contribution in [3.8, 4) is 11.6 Å². The van der Waals surface area contributed by atoms with Crippen molar-refractivity contribution < 1.29 is 43.0 Å². The zero-order chi connectivity index (χ0) is 39.3. The van der Waals surface area contributed by atoms with Gasteiger partial charge in [0, 0.05) is 44.8 Å². The third-order valence-corrected chi connectivity index (χ3v) is 10.1. The Labute approximate surface area is 322 Å². The van der Waals surface area contributed by atoms with E-state index in [4.69, 9.17) is 14.2 Å². The number of ether oxygens (including phenoxy) is 3. The minimum atomic E-state index is -0.987. The highest BCUT2D eigenvalue weighted by Crippen LogP contribution is 2.24. The summed E-state index contributed by atoms with van der Waals surface area (Å²) < 4.78 is 18.1. The van der Waals surface area contributed by atoms with E-state index in [-0.39, 0.29) is 93.0 Å². The summed E-state index contributed by atoms with van der Waals surface area (Å²) in [4.78, 5) is 83.3. The number of carbonyl (C=O) groups excluding carboxylic acids is 6. The first-order chi connectivity index (χ1) is 26.5. The number of esters is 1. The molecule has 3 heterocycles. The number of nitrogens with one attached hydrogen (secondary N) is 2. The van der Waals surface area contributed by atoms with Gasteiger partial charge < -0.3 is 39.5 Å². The second-order valence-electron chi connectivity index (χ2n) is 14.6. The lowest BCUT2D eigenvalue weighted by Crippen LogP contribution is -2.56. The fourth-order valence-electron chi connectivity index (χ4n) is 6.58. The molecule has 5 rings (SSSR count). The number of hydrogen-bond donors (Lipinski definition) is 2. The largest absolute Gasteiger partial charge is 0.467 e. The molecule has 2 unspecified atom stereocenters. The summed E-state index contributed by atoms with van der Waals surface area (Å²) in [5.74, 6) is -2.01. The van der Waals surface area contributed by atoms with Gasteiger partial charge in [-0.15, -0.1) is 0 Å². The Balaban J connectivity index is 1.26. The molecule has 16 heteroatoms. The van der Waals surface area contributed by atoms with Crippen molar-refractivity contribution in [1.29, 1.82) is 0 Å². The molecule has 2 atom stereocenters. The van der Waals surface area contributed by atoms with Gasteiger partial charge in [-0.2, -0.15) is 5.10 Å². The van der Waals surface area contributed by atoms with Crippen LogP contribution in [0.2, 0.25) is 0 Å². The number of hydrogen-bond acceptors (Lipinski definition) is 10. The molecule has 0 spiro atoms. The van der Waals surface area contributed by atoms with Crippen molar-refractivity contribution in [1.82, 2.24) is 35.1 Å². The van der Waals surface area contributed by atoms with Gasteiger partial charge in [-0.3, -0.25) is 24.0 Å². The Bertz CT molecular complexity index is 1640. The van der Waals surface area contributed by atoms with E-state index in [1.165, 1.54) is 10.7 Å². The van der Waals surface area contributed by atoms with Crippen LogP contribution in [0.15, 0.2) is 36.4 Å². The van der Waals surface area contributed by atoms with Crippen molar-refractivity contribution >= 4 is 35.7 Å². The van der Waals surface area contributed by atoms with Gasteiger partial charge in [0.25, 0.3) is 11.8 Å². The summed E-state index contributed by atoms with van der Waals surface area (Å²) in [6.45, 7) is 7.04. The highest BCUT2D eigenvalue weighted by Gasteiger charge is 2.36. The molecule has 1 aromatic carbocycles. The van der Waals surface area contributed by atoms with Gasteiger partial charge in [-0.25, -0.2) is 9.48 Å². The first-order valence-electron chi connectivity index (χ1n) is 19.6. The number of para-hydroxylation sites is 1. The van der Waals surface area contributed by atoms with Crippen molar-refractivity contribution in [3.63, 3.8) is 0 Å². The van der Waals surface area contributed by atoms with Crippen LogP contribution in [0, 0.1) is 5.92 Å². The summed E-state index contributed by atoms with van der Waals surface area (Å²) in [7, 11) is 0. The minimum Gasteiger partial charge on any atom is -0.467 e. The maximum absolute atomic E-state index is 13.9. The van der Waals surface area contributed by atoms with Crippen LogP contribution in [-0.4, -0.2) is 131 Å². The smallest absolute Gasteiger partial charge is 0.409 e. The first kappa shape index (κ1) is 41.0. The number of unbranched alkanes of at least 4 members (excludes halogenated alkanes) is 1. The standard InChI is InChI=1S/C39H55N7O9/c1-4-5-23-54-39(52)44-21-19-43(20-22-44)37(50)30(16-11-24-53-38(51)27(2)3)41-35(48)31-25-34(46(42-31)29-14-7-6-8-15-29)55-26-33(47)45-18-10-17-32(45)36(49)40-28-12-9-13-28/h6-8,14-15,25,27-28,30,32H,4-5,9-13,16-24,26H2,1-3H3,(H,40,49)(H,41,48). The number of amides is 5. The van der Waals surface area contributed by atoms with Gasteiger partial charge in [0.2, 0.25) is 17.7 Å². The van der Waals surface area contributed by atoms with Crippen LogP contribution in [0.3, 0.4) is 0 Å². The van der Waals surface area contributed by atoms with Crippen molar-refractivity contribution in [3.05, 3.63) is 42.1 Å². The maximum atomic E-state index is 13.9. The Morgan fingerprint density at radius 2 is 1.58 bits per heavy atom. The monoisotopic (exact) mass is 765 g/mol. The summed E-state index contributed by atoms with van der Waals surface area (Å²) in [5.41, 5.74) is 0.530. The van der Waals surface area contributed by atoms with Crippen LogP contribution in [0.25, 0.3) is 5.69 Å². The Morgan fingerprint density at radius 3 is 2.25 bits per heavy atom. The Hall–Kier alpha value is -5.15. The van der Waals surface area contributed by atoms with E-state index < -0.39 is 24.1 Å². The van der Waals surface area contributed by atoms with Crippen LogP contribution in [-0.2, 0) is 28.7 Å². The zero-order valence-corrected chi connectivity index (χ0v) is 32.2. The number of aromatic nitrogens is 2. The molecule has 55 heavy (non-hydrogen) atoms. The number of rotatable bonds is 17. The molecule has 3 fully saturated rings. The van der Waals surface area contributed by atoms with Gasteiger partial charge in [0.1, 0.15) is 12.1 Å². The van der Waals surface area contributed by atoms with Gasteiger partial charge in [0.05, 0.1) is 24.8 Å². The number of nitrogens with zero attached hydrogens (tertiary/aromatic N) is 5. The van der Waals surface area contributed by atoms with E-state index >= 15 is 0 Å². The number of piperazine rings is 1. The fraction of sp³-hybridized carbons (Fsp3) is 0.615. The molecule has 2 saturated heterocycles. The van der Waals surface area contributed by atoms with Crippen molar-refractivity contribution in [2.75, 3.05) is 52.5 Å². The molecule has 1 aliphatic carbocycles. The van der Waals surface area contributed by atoms with Crippen LogP contribution < -0.4 is 15.4 Å². The molecule has 2 N–H and O–H groups in total. The molecule has 2 aliphatic heterocycles. The average Bonchev–Trinajstić information content (AvgIpc) is 3.85. The summed E-state index contributed by atoms with van der Waals surface area (Å²) in [6, 6.07) is 9.01. The van der Waals surface area contributed by atoms with Gasteiger partial charge in [-0.05, 0) is 63.5 Å². The van der Waals surface area contributed by atoms with Crippen LogP contribution >= 0.6 is 0 Å². The minimum absolute atomic E-state index is 0.0473. The van der Waals surface area contributed by atoms with Crippen LogP contribution in [0.4, 0.5) is 4.79 Å². The molecule has 2 aromatic rings. The predicted molar refractivity (Wildman–Crippen MR) is 200 cm³/mol. The second kappa shape index (κ2) is 20.0. The quantitative estimate of drug-likeness (QED) is 0.180. The zero-order valence-electron chi connectivity index (χ0n) is 32.2. The number of carbonyl (C=O) groups is 6. The Morgan fingerprint density at radius 1 is 0.873 bits per heavy atom. The third kappa shape index (κ3) is 11.2. The molecular formula is C39H55N7O9. The molecular weight excluding hydrogens is 710 g/mol. The normalized spacial score (nSPS) is 17.7. The van der Waals surface area contributed by atoms with E-state index in [1.54, 1.807) is 52.8 Å². The Kier molecular flexibility index (Phi) is 14.9. The fourth-order valence-corrected chi connectivity index (χ4v) is 6.58. The summed E-state index contributed by atoms with van der Waals surface area (Å²) >= 11 is 0. The molecule has 300 valence electrons. The summed E-state index contributed by atoms with van der Waals surface area (Å²) in [6.07, 6.45) is 6.02.